The monoisotopic (exact) mass is 757 g/mol. The van der Waals surface area contributed by atoms with Crippen LogP contribution in [0, 0.1) is 6.07 Å². The molecule has 0 spiro atoms. The average Bonchev–Trinajstić information content (AvgIpc) is 3.26. The van der Waals surface area contributed by atoms with Gasteiger partial charge in [-0.2, -0.15) is 0 Å². The summed E-state index contributed by atoms with van der Waals surface area (Å²) in [4.78, 5) is 15.2. The van der Waals surface area contributed by atoms with Crippen LogP contribution in [-0.4, -0.2) is 30.4 Å². The Morgan fingerprint density at radius 3 is 2.15 bits per heavy atom. The number of benzene rings is 4. The van der Waals surface area contributed by atoms with Gasteiger partial charge in [0.05, 0.1) is 5.76 Å². The van der Waals surface area contributed by atoms with E-state index in [-0.39, 0.29) is 51.6 Å². The maximum absolute atomic E-state index is 10.0. The van der Waals surface area contributed by atoms with Crippen LogP contribution in [0.2, 0.25) is 0 Å². The quantitative estimate of drug-likeness (QED) is 0.0835. The van der Waals surface area contributed by atoms with Gasteiger partial charge < -0.3 is 5.11 Å². The van der Waals surface area contributed by atoms with Gasteiger partial charge in [-0.3, -0.25) is 4.79 Å². The molecule has 0 atom stereocenters. The maximum Gasteiger partial charge on any atom is 0 e. The number of nitrogens with zero attached hydrogens (tertiary/aromatic N) is 1. The van der Waals surface area contributed by atoms with Crippen molar-refractivity contribution in [2.24, 2.45) is 0 Å². The number of carbonyl (C=O) groups excluding carboxylic acids is 1. The van der Waals surface area contributed by atoms with Crippen molar-refractivity contribution in [1.82, 2.24) is 4.98 Å². The summed E-state index contributed by atoms with van der Waals surface area (Å²) in [6.45, 7) is 9.71. The van der Waals surface area contributed by atoms with Gasteiger partial charge >= 0.3 is 188 Å². The van der Waals surface area contributed by atoms with E-state index in [2.05, 4.69) is 106 Å². The second-order valence-corrected chi connectivity index (χ2v) is 12.8. The van der Waals surface area contributed by atoms with E-state index in [9.17, 15) is 4.79 Å². The van der Waals surface area contributed by atoms with Gasteiger partial charge in [0, 0.05) is 26.2 Å². The molecule has 0 saturated heterocycles. The summed E-state index contributed by atoms with van der Waals surface area (Å²) in [5.41, 5.74) is 4.61. The molecule has 3 nitrogen and oxygen atoms in total. The molecule has 0 bridgehead atoms. The van der Waals surface area contributed by atoms with E-state index in [0.29, 0.717) is 0 Å². The van der Waals surface area contributed by atoms with Crippen molar-refractivity contribution in [3.63, 3.8) is 0 Å². The van der Waals surface area contributed by atoms with Crippen LogP contribution in [0.4, 0.5) is 0 Å². The summed E-state index contributed by atoms with van der Waals surface area (Å²) in [6.07, 6.45) is 1.17. The third-order valence-corrected chi connectivity index (χ3v) is 8.99. The minimum Gasteiger partial charge on any atom is 0 e. The number of hydrogen-bond donors (Lipinski definition) is 1. The average molecular weight is 756 g/mol. The van der Waals surface area contributed by atoms with E-state index in [1.807, 2.05) is 0 Å². The Bertz CT molecular complexity index is 1860. The van der Waals surface area contributed by atoms with E-state index in [4.69, 9.17) is 10.1 Å². The molecule has 39 heavy (non-hydrogen) atoms. The molecule has 2 heterocycles. The number of fused-ring (bicyclic) bond motifs is 6. The number of allylic oxidation sites excluding steroid dienone is 2. The summed E-state index contributed by atoms with van der Waals surface area (Å²) in [5.74, 6) is -0.0625. The van der Waals surface area contributed by atoms with E-state index in [1.165, 1.54) is 55.6 Å². The number of aliphatic hydroxyl groups excluding tert-OH is 1. The fraction of sp³-hybridized carbons (Fsp3) is 0.176. The molecule has 0 unspecified atom stereocenters. The van der Waals surface area contributed by atoms with Crippen molar-refractivity contribution < 1.29 is 30.0 Å². The first-order valence-corrected chi connectivity index (χ1v) is 14.4. The zero-order chi connectivity index (χ0) is 27.0. The fourth-order valence-electron chi connectivity index (χ4n) is 4.88. The fourth-order valence-corrected chi connectivity index (χ4v) is 7.47. The molecule has 0 aliphatic heterocycles. The van der Waals surface area contributed by atoms with Crippen molar-refractivity contribution in [2.45, 2.75) is 40.0 Å². The van der Waals surface area contributed by atoms with E-state index < -0.39 is 0 Å². The Morgan fingerprint density at radius 1 is 0.897 bits per heavy atom. The maximum atomic E-state index is 10.0. The third kappa shape index (κ3) is 5.93. The number of aliphatic hydroxyl groups is 1. The van der Waals surface area contributed by atoms with E-state index >= 15 is 0 Å². The molecule has 0 aliphatic rings. The predicted molar refractivity (Wildman–Crippen MR) is 161 cm³/mol. The van der Waals surface area contributed by atoms with Crippen LogP contribution < -0.4 is 0 Å². The topological polar surface area (TPSA) is 50.2 Å². The molecular formula is C34H30IrNO2Se-. The molecule has 4 aromatic carbocycles. The second kappa shape index (κ2) is 11.6. The Kier molecular flexibility index (Phi) is 8.59. The van der Waals surface area contributed by atoms with Crippen molar-refractivity contribution in [3.05, 3.63) is 102 Å². The standard InChI is InChI=1S/C29H22NSe.C5H8O2.Ir/c1-29(2,3)23-17-19(16-18-10-4-5-11-20(18)23)27-26-22-13-7-9-15-25(22)31-28(26)21-12-6-8-14-24(21)30-27;1-4(6)3-5(2)7;/h4-15,17H,1-3H3;3,6H,1-2H3;/q-1;;/b;4-3-;. The predicted octanol–water partition coefficient (Wildman–Crippen LogP) is 8.55. The molecular weight excluding hydrogens is 726 g/mol. The van der Waals surface area contributed by atoms with Gasteiger partial charge in [0.1, 0.15) is 0 Å². The minimum atomic E-state index is -0.125. The van der Waals surface area contributed by atoms with Crippen LogP contribution in [0.3, 0.4) is 0 Å². The molecule has 0 fully saturated rings. The summed E-state index contributed by atoms with van der Waals surface area (Å²) < 4.78 is 2.90. The molecule has 1 N–H and O–H groups in total. The van der Waals surface area contributed by atoms with Crippen molar-refractivity contribution in [3.8, 4) is 11.3 Å². The number of ketones is 1. The third-order valence-electron chi connectivity index (χ3n) is 6.46. The molecule has 2 aromatic heterocycles. The summed E-state index contributed by atoms with van der Waals surface area (Å²) in [6, 6.07) is 32.1. The number of hydrogen-bond acceptors (Lipinski definition) is 3. The Hall–Kier alpha value is -3.07. The number of para-hydroxylation sites is 1. The van der Waals surface area contributed by atoms with Gasteiger partial charge in [-0.25, -0.2) is 0 Å². The smallest absolute Gasteiger partial charge is 0 e. The molecule has 6 aromatic rings. The van der Waals surface area contributed by atoms with Gasteiger partial charge in [0.25, 0.3) is 0 Å². The Labute approximate surface area is 248 Å². The van der Waals surface area contributed by atoms with Gasteiger partial charge in [0.15, 0.2) is 5.78 Å². The zero-order valence-electron chi connectivity index (χ0n) is 22.6. The van der Waals surface area contributed by atoms with Crippen LogP contribution in [0.5, 0.6) is 0 Å². The first-order valence-electron chi connectivity index (χ1n) is 12.7. The number of carbonyl (C=O) groups is 1. The van der Waals surface area contributed by atoms with Crippen LogP contribution >= 0.6 is 0 Å². The first-order chi connectivity index (χ1) is 18.1. The molecule has 5 heteroatoms. The van der Waals surface area contributed by atoms with Crippen molar-refractivity contribution in [1.29, 1.82) is 0 Å². The Morgan fingerprint density at radius 2 is 1.51 bits per heavy atom. The number of rotatable bonds is 2. The molecule has 0 amide bonds. The van der Waals surface area contributed by atoms with Crippen LogP contribution in [0.25, 0.3) is 52.2 Å². The molecule has 6 rings (SSSR count). The first kappa shape index (κ1) is 28.9. The molecule has 1 radical (unpaired) electrons. The summed E-state index contributed by atoms with van der Waals surface area (Å²) in [7, 11) is 0. The molecule has 0 aliphatic carbocycles. The van der Waals surface area contributed by atoms with Crippen LogP contribution in [0.1, 0.15) is 40.2 Å². The van der Waals surface area contributed by atoms with Crippen molar-refractivity contribution >= 4 is 61.3 Å². The summed E-state index contributed by atoms with van der Waals surface area (Å²) >= 11 is 0.285. The SMILES string of the molecule is CC(=O)/C=C(/C)O.CC(C)(C)c1cc(-c2nc3ccccc3c3[se]c4ccccc4c23)[c-]c2ccccc12.[Ir]. The molecule has 199 valence electrons. The number of aromatic nitrogens is 1. The van der Waals surface area contributed by atoms with Gasteiger partial charge in [-0.1, -0.05) is 0 Å². The largest absolute Gasteiger partial charge is 0 e. The van der Waals surface area contributed by atoms with Crippen molar-refractivity contribution in [2.75, 3.05) is 0 Å². The van der Waals surface area contributed by atoms with E-state index in [1.54, 1.807) is 0 Å². The van der Waals surface area contributed by atoms with Crippen LogP contribution in [-0.2, 0) is 30.3 Å². The normalized spacial score (nSPS) is 11.9. The van der Waals surface area contributed by atoms with Gasteiger partial charge in [-0.15, -0.1) is 0 Å². The van der Waals surface area contributed by atoms with Gasteiger partial charge in [-0.05, 0) is 13.8 Å². The molecule has 0 saturated carbocycles. The van der Waals surface area contributed by atoms with Gasteiger partial charge in [0.2, 0.25) is 0 Å². The second-order valence-electron chi connectivity index (χ2n) is 10.6. The summed E-state index contributed by atoms with van der Waals surface area (Å²) in [5, 5.41) is 14.7. The Balaban J connectivity index is 0.000000394. The van der Waals surface area contributed by atoms with E-state index in [0.717, 1.165) is 22.2 Å². The zero-order valence-corrected chi connectivity index (χ0v) is 26.7. The van der Waals surface area contributed by atoms with Crippen LogP contribution in [0.15, 0.2) is 90.7 Å². The minimum absolute atomic E-state index is 0. The number of pyridine rings is 1.